The number of nitrogens with zero attached hydrogens (tertiary/aromatic N) is 1. The Morgan fingerprint density at radius 1 is 0.303 bits per heavy atom. The van der Waals surface area contributed by atoms with E-state index in [2.05, 4.69) is 179 Å². The van der Waals surface area contributed by atoms with Crippen molar-refractivity contribution in [3.63, 3.8) is 0 Å². The van der Waals surface area contributed by atoms with Crippen molar-refractivity contribution in [2.45, 2.75) is 76.0 Å². The minimum absolute atomic E-state index is 0.0491. The number of carbonyl (C=O) groups is 1. The summed E-state index contributed by atoms with van der Waals surface area (Å²) in [4.78, 5) is 17.2. The smallest absolute Gasteiger partial charge is 0.234 e. The molecule has 109 heavy (non-hydrogen) atoms. The van der Waals surface area contributed by atoms with E-state index in [1.807, 2.05) is 11.8 Å². The summed E-state index contributed by atoms with van der Waals surface area (Å²) in [5, 5.41) is 92.2. The van der Waals surface area contributed by atoms with Crippen LogP contribution in [0.5, 0.6) is 0 Å². The Labute approximate surface area is 618 Å². The van der Waals surface area contributed by atoms with Gasteiger partial charge in [-0.3, -0.25) is 4.79 Å². The highest BCUT2D eigenvalue weighted by molar-refractivity contribution is 8.00. The van der Waals surface area contributed by atoms with Crippen LogP contribution in [0.15, 0.2) is 133 Å². The molecule has 3 nitrogen and oxygen atoms in total. The van der Waals surface area contributed by atoms with Crippen molar-refractivity contribution in [1.82, 2.24) is 0 Å². The molecule has 0 radical (unpaired) electrons. The summed E-state index contributed by atoms with van der Waals surface area (Å²) in [6.45, 7) is 13.6. The number of thioether (sulfide) groups is 1. The van der Waals surface area contributed by atoms with Gasteiger partial charge in [0.25, 0.3) is 0 Å². The first kappa shape index (κ1) is 50.5. The van der Waals surface area contributed by atoms with Crippen LogP contribution in [0.2, 0.25) is 0 Å². The van der Waals surface area contributed by atoms with Gasteiger partial charge in [-0.1, -0.05) is 126 Å². The fourth-order valence-corrected chi connectivity index (χ4v) is 31.5. The van der Waals surface area contributed by atoms with Crippen LogP contribution in [-0.4, -0.2) is 17.4 Å². The second-order valence-electron chi connectivity index (χ2n) is 38.5. The van der Waals surface area contributed by atoms with Crippen LogP contribution in [-0.2, 0) is 26.5 Å². The Morgan fingerprint density at radius 2 is 0.523 bits per heavy atom. The van der Waals surface area contributed by atoms with Gasteiger partial charge in [-0.15, -0.1) is 11.8 Å². The van der Waals surface area contributed by atoms with E-state index < -0.39 is 0 Å². The third-order valence-corrected chi connectivity index (χ3v) is 34.3. The maximum Gasteiger partial charge on any atom is 0.234 e. The standard InChI is InChI=1S/C105H48N2OS/c1-102(2,3)37-15-7-33(8-16-37)35-11-21-40(22-12-35)107(41-23-13-36(14-24-41)34-9-17-38(18-10-34)103(4,5)6)42-25-19-39(20-26-42)106-43(108)31-109-30-32-27-28-104-98-90-82-72-62-54-46-44-45-48-52-50(46)58-66-60(52)70-64-56(48)57-49(45)53-51-47(44)55(54)63-69-59(51)67-61(53)71-65(57)75-74(64)84-78(70)88-80(66)86(76(82)68(58)62)92(98)94(88)100-96(84)97-85(75)79(71)89-81(67)87-77(69)83(73(63)72)91(90)99(104)93(87)95(89)101(97)105(100,104)29-32/h7-27H,28-31H2,1-6H3,(H,106,108). The normalized spacial score (nSPS) is 18.9. The quantitative estimate of drug-likeness (QED) is 0.109. The number of hydrogen-bond acceptors (Lipinski definition) is 3. The van der Waals surface area contributed by atoms with Crippen molar-refractivity contribution >= 4 is 331 Å². The zero-order valence-electron chi connectivity index (χ0n) is 59.7. The number of allylic oxidation sites excluding steroid dienone is 1. The molecule has 0 aliphatic heterocycles. The molecule has 490 valence electrons. The Bertz CT molecular complexity index is 9390. The summed E-state index contributed by atoms with van der Waals surface area (Å²) < 4.78 is 0. The van der Waals surface area contributed by atoms with Gasteiger partial charge >= 0.3 is 0 Å². The van der Waals surface area contributed by atoms with Crippen molar-refractivity contribution in [2.24, 2.45) is 0 Å². The van der Waals surface area contributed by atoms with Crippen molar-refractivity contribution in [3.8, 4) is 22.3 Å². The molecular formula is C105H48N2OS. The van der Waals surface area contributed by atoms with Gasteiger partial charge in [-0.25, -0.2) is 0 Å². The first-order chi connectivity index (χ1) is 53.4. The predicted molar refractivity (Wildman–Crippen MR) is 467 cm³/mol. The second kappa shape index (κ2) is 13.6. The van der Waals surface area contributed by atoms with E-state index in [9.17, 15) is 4.79 Å². The molecule has 0 atom stereocenters. The van der Waals surface area contributed by atoms with E-state index in [0.29, 0.717) is 5.75 Å². The molecule has 0 aromatic heterocycles. The highest BCUT2D eigenvalue weighted by atomic mass is 32.2. The van der Waals surface area contributed by atoms with E-state index in [-0.39, 0.29) is 27.6 Å². The first-order valence-electron chi connectivity index (χ1n) is 40.0. The number of hydrogen-bond donors (Lipinski definition) is 1. The van der Waals surface area contributed by atoms with Gasteiger partial charge in [-0.2, -0.15) is 0 Å². The molecule has 0 heterocycles. The number of rotatable bonds is 10. The third-order valence-electron chi connectivity index (χ3n) is 33.2. The van der Waals surface area contributed by atoms with E-state index >= 15 is 0 Å². The van der Waals surface area contributed by atoms with Gasteiger partial charge in [0.05, 0.1) is 5.75 Å². The summed E-state index contributed by atoms with van der Waals surface area (Å²) >= 11 is 1.83. The van der Waals surface area contributed by atoms with Crippen LogP contribution in [0.25, 0.3) is 313 Å². The Morgan fingerprint density at radius 3 is 0.771 bits per heavy atom. The molecular weight excluding hydrogens is 1340 g/mol. The molecule has 5 aliphatic carbocycles. The second-order valence-corrected chi connectivity index (χ2v) is 39.5. The maximum absolute atomic E-state index is 14.8. The first-order valence-corrected chi connectivity index (χ1v) is 41.2. The summed E-state index contributed by atoms with van der Waals surface area (Å²) in [6.07, 6.45) is 4.76. The average Bonchev–Trinajstić information content (AvgIpc) is 1.38. The van der Waals surface area contributed by atoms with Gasteiger partial charge < -0.3 is 10.2 Å². The molecule has 0 fully saturated rings. The van der Waals surface area contributed by atoms with E-state index in [4.69, 9.17) is 0 Å². The van der Waals surface area contributed by atoms with E-state index in [1.165, 1.54) is 39.0 Å². The number of benzene rings is 23. The predicted octanol–water partition coefficient (Wildman–Crippen LogP) is 28.8. The lowest BCUT2D eigenvalue weighted by Gasteiger charge is -2.56. The molecule has 5 aliphatic rings. The minimum atomic E-state index is -0.332. The van der Waals surface area contributed by atoms with Crippen LogP contribution in [0.4, 0.5) is 22.7 Å². The van der Waals surface area contributed by atoms with Crippen molar-refractivity contribution in [1.29, 1.82) is 0 Å². The lowest BCUT2D eigenvalue weighted by Crippen LogP contribution is -2.53. The molecule has 38 rings (SSSR count). The van der Waals surface area contributed by atoms with Gasteiger partial charge in [0, 0.05) is 39.3 Å². The van der Waals surface area contributed by atoms with Crippen LogP contribution >= 0.6 is 11.8 Å². The fraction of sp³-hybridized carbons (Fsp3) is 0.133. The Kier molecular flexibility index (Phi) is 6.31. The minimum Gasteiger partial charge on any atom is -0.325 e. The summed E-state index contributed by atoms with van der Waals surface area (Å²) in [5.41, 5.74) is 19.5. The molecule has 33 aromatic carbocycles. The van der Waals surface area contributed by atoms with Crippen molar-refractivity contribution < 1.29 is 4.79 Å². The van der Waals surface area contributed by atoms with Crippen LogP contribution in [0.3, 0.4) is 0 Å². The summed E-state index contributed by atoms with van der Waals surface area (Å²) in [6, 6.07) is 44.7. The van der Waals surface area contributed by atoms with Crippen LogP contribution in [0, 0.1) is 0 Å². The largest absolute Gasteiger partial charge is 0.325 e. The van der Waals surface area contributed by atoms with Crippen LogP contribution in [0.1, 0.15) is 87.8 Å². The lowest BCUT2D eigenvalue weighted by molar-refractivity contribution is -0.113. The molecule has 2 spiro atoms. The molecule has 0 saturated carbocycles. The third kappa shape index (κ3) is 3.93. The van der Waals surface area contributed by atoms with Gasteiger partial charge in [0.2, 0.25) is 5.91 Å². The number of carbonyl (C=O) groups excluding carboxylic acids is 1. The molecule has 0 bridgehead atoms. The zero-order valence-corrected chi connectivity index (χ0v) is 60.5. The SMILES string of the molecule is CC(C)(C)c1ccc(-c2ccc(N(c3ccc(NC(=O)CSCC4=CCC56c7c8c9c%10c%11c%12c(c%13c%14c5c5c7c7c%15c8c8c9c9c%11c%11c%16c%12c%12c%13c%13c%14c%14c5c5c7c7c%15c%15c8c8c9c%11c9c%11c%16c%12c%12c%13c%13c%14c5c5c7c7c%15c8c9c8c%11c%12c%13c5c78)C%106C4)cc3)c3ccc(-c4ccc(C(C)(C)C)cc4)cc3)cc2)cc1. The summed E-state index contributed by atoms with van der Waals surface area (Å²) in [7, 11) is 0. The average molecular weight is 1390 g/mol. The highest BCUT2D eigenvalue weighted by Crippen LogP contribution is 2.86. The topological polar surface area (TPSA) is 32.3 Å². The van der Waals surface area contributed by atoms with Crippen molar-refractivity contribution in [3.05, 3.63) is 166 Å². The van der Waals surface area contributed by atoms with Crippen molar-refractivity contribution in [2.75, 3.05) is 21.7 Å². The molecule has 1 amide bonds. The summed E-state index contributed by atoms with van der Waals surface area (Å²) in [5.74, 6) is 1.26. The zero-order chi connectivity index (χ0) is 69.1. The van der Waals surface area contributed by atoms with Gasteiger partial charge in [-0.05, 0) is 419 Å². The fourth-order valence-electron chi connectivity index (χ4n) is 30.6. The molecule has 0 unspecified atom stereocenters. The monoisotopic (exact) mass is 1380 g/mol. The molecule has 33 aromatic rings. The number of amides is 1. The van der Waals surface area contributed by atoms with Crippen LogP contribution < -0.4 is 10.2 Å². The van der Waals surface area contributed by atoms with E-state index in [1.54, 1.807) is 313 Å². The van der Waals surface area contributed by atoms with Gasteiger partial charge in [0.15, 0.2) is 0 Å². The lowest BCUT2D eigenvalue weighted by atomic mass is 9.44. The maximum atomic E-state index is 14.8. The number of nitrogens with one attached hydrogen (secondary N) is 1. The Hall–Kier alpha value is -12.1. The molecule has 1 N–H and O–H groups in total. The molecule has 0 saturated heterocycles. The number of anilines is 4. The van der Waals surface area contributed by atoms with Gasteiger partial charge in [0.1, 0.15) is 0 Å². The Balaban J connectivity index is 0.537. The van der Waals surface area contributed by atoms with E-state index in [0.717, 1.165) is 41.3 Å². The highest BCUT2D eigenvalue weighted by Gasteiger charge is 2.70. The molecule has 4 heteroatoms.